The second-order valence-corrected chi connectivity index (χ2v) is 8.33. The summed E-state index contributed by atoms with van der Waals surface area (Å²) in [4.78, 5) is 22.2. The van der Waals surface area contributed by atoms with E-state index in [4.69, 9.17) is 4.74 Å². The van der Waals surface area contributed by atoms with Crippen molar-refractivity contribution in [2.24, 2.45) is 0 Å². The molecule has 0 aliphatic heterocycles. The summed E-state index contributed by atoms with van der Waals surface area (Å²) in [6, 6.07) is 19.1. The number of rotatable bonds is 9. The van der Waals surface area contributed by atoms with E-state index >= 15 is 0 Å². The van der Waals surface area contributed by atoms with Crippen molar-refractivity contribution < 1.29 is 24.3 Å². The molecule has 0 aliphatic carbocycles. The number of hydrogen-bond donors (Lipinski definition) is 2. The average Bonchev–Trinajstić information content (AvgIpc) is 2.62. The van der Waals surface area contributed by atoms with Gasteiger partial charge in [0.25, 0.3) is 7.37 Å². The van der Waals surface area contributed by atoms with Gasteiger partial charge < -0.3 is 14.9 Å². The lowest BCUT2D eigenvalue weighted by atomic mass is 10.2. The normalized spacial score (nSPS) is 14.5. The van der Waals surface area contributed by atoms with Crippen LogP contribution in [0.5, 0.6) is 0 Å². The molecule has 0 aromatic heterocycles. The molecule has 134 valence electrons. The number of hydrogen-bond acceptors (Lipinski definition) is 3. The molecule has 0 saturated heterocycles. The summed E-state index contributed by atoms with van der Waals surface area (Å²) in [7, 11) is -3.60. The first kappa shape index (κ1) is 19.4. The van der Waals surface area contributed by atoms with E-state index in [0.29, 0.717) is 6.54 Å². The lowest BCUT2D eigenvalue weighted by molar-refractivity contribution is -0.692. The van der Waals surface area contributed by atoms with Crippen molar-refractivity contribution in [3.63, 3.8) is 0 Å². The standard InChI is InChI=1S/C19H24NO4P/c1-2-24-18(21)13-14-25(22,23)19(17-11-7-4-8-12-17)20-15-16-9-5-3-6-10-16/h3-12,19-20H,2,13-15H2,1H3,(H,22,23)/p+1/t19-/m0/s1. The Kier molecular flexibility index (Phi) is 7.38. The first-order valence-corrected chi connectivity index (χ1v) is 10.3. The second-order valence-electron chi connectivity index (χ2n) is 5.82. The van der Waals surface area contributed by atoms with Gasteiger partial charge in [0.1, 0.15) is 6.54 Å². The number of ether oxygens (including phenoxy) is 1. The molecule has 2 atom stereocenters. The molecule has 0 heterocycles. The SMILES string of the molecule is CCOC(=O)CCP(=O)(O)[C@H]([NH2+]Cc1ccccc1)c1ccccc1. The largest absolute Gasteiger partial charge is 0.466 e. The highest BCUT2D eigenvalue weighted by molar-refractivity contribution is 7.58. The molecule has 0 saturated carbocycles. The van der Waals surface area contributed by atoms with Crippen LogP contribution in [0.15, 0.2) is 60.7 Å². The minimum Gasteiger partial charge on any atom is -0.466 e. The minimum absolute atomic E-state index is 0.0515. The Morgan fingerprint density at radius 1 is 1.12 bits per heavy atom. The fourth-order valence-corrected chi connectivity index (χ4v) is 4.52. The third-order valence-corrected chi connectivity index (χ3v) is 6.18. The van der Waals surface area contributed by atoms with Crippen LogP contribution in [0.2, 0.25) is 0 Å². The van der Waals surface area contributed by atoms with Gasteiger partial charge >= 0.3 is 5.97 Å². The maximum absolute atomic E-state index is 13.0. The van der Waals surface area contributed by atoms with Gasteiger partial charge in [-0.2, -0.15) is 0 Å². The molecule has 0 spiro atoms. The Balaban J connectivity index is 2.13. The predicted octanol–water partition coefficient (Wildman–Crippen LogP) is 2.67. The lowest BCUT2D eigenvalue weighted by Gasteiger charge is -2.21. The van der Waals surface area contributed by atoms with Crippen molar-refractivity contribution in [3.05, 3.63) is 71.8 Å². The van der Waals surface area contributed by atoms with Crippen LogP contribution >= 0.6 is 7.37 Å². The number of carbonyl (C=O) groups excluding carboxylic acids is 1. The summed E-state index contributed by atoms with van der Waals surface area (Å²) in [6.45, 7) is 2.58. The highest BCUT2D eigenvalue weighted by atomic mass is 31.2. The van der Waals surface area contributed by atoms with Gasteiger partial charge in [-0.05, 0) is 6.92 Å². The van der Waals surface area contributed by atoms with E-state index in [1.54, 1.807) is 6.92 Å². The van der Waals surface area contributed by atoms with E-state index in [1.807, 2.05) is 66.0 Å². The Morgan fingerprint density at radius 3 is 2.32 bits per heavy atom. The highest BCUT2D eigenvalue weighted by Gasteiger charge is 2.36. The van der Waals surface area contributed by atoms with Gasteiger partial charge in [-0.25, -0.2) is 0 Å². The van der Waals surface area contributed by atoms with Gasteiger partial charge in [0.2, 0.25) is 0 Å². The van der Waals surface area contributed by atoms with Crippen LogP contribution in [0, 0.1) is 0 Å². The molecule has 25 heavy (non-hydrogen) atoms. The molecule has 6 heteroatoms. The maximum Gasteiger partial charge on any atom is 0.306 e. The van der Waals surface area contributed by atoms with Crippen molar-refractivity contribution >= 4 is 13.3 Å². The summed E-state index contributed by atoms with van der Waals surface area (Å²) in [6.07, 6.45) is -0.138. The number of quaternary nitrogens is 1. The fraction of sp³-hybridized carbons (Fsp3) is 0.316. The third-order valence-electron chi connectivity index (χ3n) is 3.94. The second kappa shape index (κ2) is 9.52. The van der Waals surface area contributed by atoms with E-state index in [0.717, 1.165) is 11.1 Å². The van der Waals surface area contributed by atoms with E-state index in [-0.39, 0.29) is 19.2 Å². The lowest BCUT2D eigenvalue weighted by Crippen LogP contribution is -2.83. The molecular weight excluding hydrogens is 337 g/mol. The van der Waals surface area contributed by atoms with E-state index in [9.17, 15) is 14.3 Å². The Labute approximate surface area is 148 Å². The molecule has 3 N–H and O–H groups in total. The molecule has 0 bridgehead atoms. The van der Waals surface area contributed by atoms with E-state index in [1.165, 1.54) is 0 Å². The third kappa shape index (κ3) is 6.13. The van der Waals surface area contributed by atoms with Gasteiger partial charge in [0.05, 0.1) is 13.0 Å². The molecule has 2 rings (SSSR count). The molecule has 2 aromatic rings. The molecule has 0 radical (unpaired) electrons. The zero-order chi connectivity index (χ0) is 18.1. The van der Waals surface area contributed by atoms with Crippen LogP contribution in [-0.4, -0.2) is 23.6 Å². The number of benzene rings is 2. The van der Waals surface area contributed by atoms with Gasteiger partial charge in [0.15, 0.2) is 5.78 Å². The van der Waals surface area contributed by atoms with Crippen LogP contribution in [0.4, 0.5) is 0 Å². The molecule has 0 aliphatic rings. The van der Waals surface area contributed by atoms with Crippen molar-refractivity contribution in [1.29, 1.82) is 0 Å². The van der Waals surface area contributed by atoms with Crippen molar-refractivity contribution in [3.8, 4) is 0 Å². The van der Waals surface area contributed by atoms with Gasteiger partial charge in [0, 0.05) is 17.3 Å². The average molecular weight is 362 g/mol. The summed E-state index contributed by atoms with van der Waals surface area (Å²) in [5.74, 6) is -1.05. The van der Waals surface area contributed by atoms with Crippen LogP contribution in [-0.2, 0) is 20.6 Å². The van der Waals surface area contributed by atoms with E-state index < -0.39 is 19.1 Å². The highest BCUT2D eigenvalue weighted by Crippen LogP contribution is 2.52. The monoisotopic (exact) mass is 362 g/mol. The van der Waals surface area contributed by atoms with Crippen LogP contribution in [0.3, 0.4) is 0 Å². The van der Waals surface area contributed by atoms with Crippen molar-refractivity contribution in [1.82, 2.24) is 0 Å². The summed E-state index contributed by atoms with van der Waals surface area (Å²) in [5, 5.41) is 1.87. The van der Waals surface area contributed by atoms with E-state index in [2.05, 4.69) is 0 Å². The molecule has 0 fully saturated rings. The molecule has 1 unspecified atom stereocenters. The molecule has 5 nitrogen and oxygen atoms in total. The summed E-state index contributed by atoms with van der Waals surface area (Å²) < 4.78 is 17.8. The zero-order valence-corrected chi connectivity index (χ0v) is 15.3. The van der Waals surface area contributed by atoms with Gasteiger partial charge in [-0.3, -0.25) is 9.36 Å². The predicted molar refractivity (Wildman–Crippen MR) is 97.2 cm³/mol. The van der Waals surface area contributed by atoms with Crippen molar-refractivity contribution in [2.45, 2.75) is 25.7 Å². The van der Waals surface area contributed by atoms with Gasteiger partial charge in [-0.1, -0.05) is 60.7 Å². The summed E-state index contributed by atoms with van der Waals surface area (Å²) >= 11 is 0. The number of esters is 1. The molecular formula is C19H25NO4P+. The smallest absolute Gasteiger partial charge is 0.306 e. The van der Waals surface area contributed by atoms with Crippen LogP contribution in [0.25, 0.3) is 0 Å². The molecule has 0 amide bonds. The Morgan fingerprint density at radius 2 is 1.72 bits per heavy atom. The first-order chi connectivity index (χ1) is 12.0. The van der Waals surface area contributed by atoms with Crippen LogP contribution < -0.4 is 5.32 Å². The topological polar surface area (TPSA) is 80.2 Å². The number of nitrogens with two attached hydrogens (primary N) is 1. The van der Waals surface area contributed by atoms with Gasteiger partial charge in [-0.15, -0.1) is 0 Å². The zero-order valence-electron chi connectivity index (χ0n) is 14.4. The Hall–Kier alpha value is -1.94. The quantitative estimate of drug-likeness (QED) is 0.531. The minimum atomic E-state index is -3.60. The first-order valence-electron chi connectivity index (χ1n) is 8.42. The maximum atomic E-state index is 13.0. The number of carbonyl (C=O) groups is 1. The fourth-order valence-electron chi connectivity index (χ4n) is 2.67. The Bertz CT molecular complexity index is 706. The van der Waals surface area contributed by atoms with Crippen molar-refractivity contribution in [2.75, 3.05) is 12.8 Å². The van der Waals surface area contributed by atoms with Crippen LogP contribution in [0.1, 0.15) is 30.3 Å². The summed E-state index contributed by atoms with van der Waals surface area (Å²) in [5.41, 5.74) is 1.86. The molecule has 2 aromatic carbocycles.